The van der Waals surface area contributed by atoms with E-state index in [0.29, 0.717) is 15.5 Å². The van der Waals surface area contributed by atoms with Crippen molar-refractivity contribution in [2.75, 3.05) is 12.5 Å². The highest BCUT2D eigenvalue weighted by atomic mass is 32.1. The normalized spacial score (nSPS) is 25.7. The summed E-state index contributed by atoms with van der Waals surface area (Å²) in [6, 6.07) is 0. The summed E-state index contributed by atoms with van der Waals surface area (Å²) in [4.78, 5) is 37.1. The van der Waals surface area contributed by atoms with Gasteiger partial charge in [0.15, 0.2) is 0 Å². The minimum absolute atomic E-state index is 0.112. The lowest BCUT2D eigenvalue weighted by Crippen LogP contribution is -2.61. The monoisotopic (exact) mass is 313 g/mol. The van der Waals surface area contributed by atoms with Gasteiger partial charge in [0.2, 0.25) is 5.91 Å². The Morgan fingerprint density at radius 1 is 1.43 bits per heavy atom. The number of aliphatic hydroxyl groups excluding tert-OH is 1. The lowest BCUT2D eigenvalue weighted by molar-refractivity contribution is -0.174. The highest BCUT2D eigenvalue weighted by Crippen LogP contribution is 2.40. The van der Waals surface area contributed by atoms with E-state index in [-0.39, 0.29) is 18.5 Å². The first-order chi connectivity index (χ1) is 9.90. The smallest absolute Gasteiger partial charge is 0.289 e. The van der Waals surface area contributed by atoms with E-state index in [0.717, 1.165) is 4.90 Å². The number of aliphatic hydroxyl groups is 1. The maximum absolute atomic E-state index is 15.1. The Morgan fingerprint density at radius 3 is 2.76 bits per heavy atom. The highest BCUT2D eigenvalue weighted by molar-refractivity contribution is 7.14. The van der Waals surface area contributed by atoms with E-state index >= 15 is 4.39 Å². The summed E-state index contributed by atoms with van der Waals surface area (Å²) >= 11 is 1.18. The van der Waals surface area contributed by atoms with Gasteiger partial charge < -0.3 is 10.8 Å². The fourth-order valence-electron chi connectivity index (χ4n) is 2.63. The third-order valence-corrected chi connectivity index (χ3v) is 4.69. The third kappa shape index (κ3) is 1.77. The topological polar surface area (TPSA) is 104 Å². The molecular weight excluding hydrogens is 301 g/mol. The van der Waals surface area contributed by atoms with Crippen molar-refractivity contribution < 1.29 is 23.9 Å². The molecule has 1 saturated heterocycles. The number of carbonyl (C=O) groups excluding carboxylic acids is 3. The largest absolute Gasteiger partial charge is 0.390 e. The number of fused-ring (bicyclic) bond motifs is 1. The zero-order valence-corrected chi connectivity index (χ0v) is 11.7. The molecular formula is C12H12FN3O4S. The number of hydrogen-bond acceptors (Lipinski definition) is 6. The van der Waals surface area contributed by atoms with E-state index in [4.69, 9.17) is 10.8 Å². The van der Waals surface area contributed by atoms with E-state index in [1.165, 1.54) is 16.7 Å². The van der Waals surface area contributed by atoms with Crippen LogP contribution in [0.25, 0.3) is 0 Å². The van der Waals surface area contributed by atoms with Crippen LogP contribution in [0, 0.1) is 0 Å². The standard InChI is InChI=1S/C12H12FN3O4S/c13-12(2-1-8(18)15(5-17)11(12)20)16-3-6-7(10(16)19)4-21-9(6)14/h4,17H,1-3,5,14H2. The molecule has 1 aromatic heterocycles. The number of piperidine rings is 1. The first-order valence-corrected chi connectivity index (χ1v) is 7.10. The van der Waals surface area contributed by atoms with Crippen LogP contribution in [0.4, 0.5) is 9.39 Å². The van der Waals surface area contributed by atoms with Gasteiger partial charge in [-0.1, -0.05) is 0 Å². The molecule has 2 aliphatic rings. The molecule has 3 amide bonds. The fourth-order valence-corrected chi connectivity index (χ4v) is 3.43. The molecule has 0 saturated carbocycles. The molecule has 3 heterocycles. The molecule has 0 spiro atoms. The average molecular weight is 313 g/mol. The number of nitrogen functional groups attached to an aromatic ring is 1. The van der Waals surface area contributed by atoms with E-state index in [9.17, 15) is 14.4 Å². The van der Waals surface area contributed by atoms with Crippen LogP contribution in [-0.2, 0) is 16.1 Å². The summed E-state index contributed by atoms with van der Waals surface area (Å²) in [5.41, 5.74) is 6.52. The number of amides is 3. The molecule has 9 heteroatoms. The van der Waals surface area contributed by atoms with Crippen molar-refractivity contribution in [3.05, 3.63) is 16.5 Å². The number of imide groups is 1. The van der Waals surface area contributed by atoms with Gasteiger partial charge in [0.05, 0.1) is 17.1 Å². The fraction of sp³-hybridized carbons (Fsp3) is 0.417. The molecule has 0 aromatic carbocycles. The summed E-state index contributed by atoms with van der Waals surface area (Å²) in [5, 5.41) is 11.0. The second-order valence-corrected chi connectivity index (χ2v) is 5.82. The Bertz CT molecular complexity index is 661. The van der Waals surface area contributed by atoms with Gasteiger partial charge in [-0.15, -0.1) is 11.3 Å². The maximum Gasteiger partial charge on any atom is 0.289 e. The molecule has 1 atom stereocenters. The molecule has 2 aliphatic heterocycles. The van der Waals surface area contributed by atoms with Gasteiger partial charge >= 0.3 is 0 Å². The summed E-state index contributed by atoms with van der Waals surface area (Å²) < 4.78 is 15.1. The molecule has 0 bridgehead atoms. The Hall–Kier alpha value is -2.00. The molecule has 3 N–H and O–H groups in total. The summed E-state index contributed by atoms with van der Waals surface area (Å²) in [6.07, 6.45) is -0.671. The Balaban J connectivity index is 1.95. The summed E-state index contributed by atoms with van der Waals surface area (Å²) in [6.45, 7) is -1.02. The van der Waals surface area contributed by atoms with Gasteiger partial charge in [-0.2, -0.15) is 0 Å². The lowest BCUT2D eigenvalue weighted by atomic mass is 10.00. The van der Waals surface area contributed by atoms with Crippen LogP contribution in [0.1, 0.15) is 28.8 Å². The van der Waals surface area contributed by atoms with E-state index in [1.54, 1.807) is 0 Å². The molecule has 0 radical (unpaired) electrons. The second-order valence-electron chi connectivity index (χ2n) is 4.91. The maximum atomic E-state index is 15.1. The first kappa shape index (κ1) is 14.0. The second kappa shape index (κ2) is 4.50. The van der Waals surface area contributed by atoms with Gasteiger partial charge in [-0.3, -0.25) is 24.2 Å². The van der Waals surface area contributed by atoms with Crippen molar-refractivity contribution >= 4 is 34.1 Å². The molecule has 21 heavy (non-hydrogen) atoms. The SMILES string of the molecule is Nc1scc2c1CN(C1(F)CCC(=O)N(CO)C1=O)C2=O. The summed E-state index contributed by atoms with van der Waals surface area (Å²) in [7, 11) is 0. The number of nitrogens with two attached hydrogens (primary N) is 1. The number of anilines is 1. The van der Waals surface area contributed by atoms with Gasteiger partial charge in [-0.05, 0) is 0 Å². The predicted molar refractivity (Wildman–Crippen MR) is 70.6 cm³/mol. The van der Waals surface area contributed by atoms with Gasteiger partial charge in [0.25, 0.3) is 17.6 Å². The van der Waals surface area contributed by atoms with Crippen molar-refractivity contribution in [1.82, 2.24) is 9.80 Å². The van der Waals surface area contributed by atoms with Crippen LogP contribution < -0.4 is 5.73 Å². The predicted octanol–water partition coefficient (Wildman–Crippen LogP) is 0.0507. The molecule has 7 nitrogen and oxygen atoms in total. The van der Waals surface area contributed by atoms with Crippen LogP contribution in [-0.4, -0.2) is 45.2 Å². The highest BCUT2D eigenvalue weighted by Gasteiger charge is 2.55. The molecule has 1 unspecified atom stereocenters. The number of rotatable bonds is 2. The molecule has 1 aromatic rings. The van der Waals surface area contributed by atoms with Crippen molar-refractivity contribution in [3.63, 3.8) is 0 Å². The zero-order valence-electron chi connectivity index (χ0n) is 10.8. The summed E-state index contributed by atoms with van der Waals surface area (Å²) in [5.74, 6) is -5.12. The van der Waals surface area contributed by atoms with Gasteiger partial charge in [0.1, 0.15) is 6.73 Å². The first-order valence-electron chi connectivity index (χ1n) is 6.22. The van der Waals surface area contributed by atoms with E-state index in [1.807, 2.05) is 0 Å². The van der Waals surface area contributed by atoms with Crippen molar-refractivity contribution in [1.29, 1.82) is 0 Å². The van der Waals surface area contributed by atoms with Crippen molar-refractivity contribution in [2.45, 2.75) is 25.2 Å². The number of thiophene rings is 1. The van der Waals surface area contributed by atoms with Crippen LogP contribution >= 0.6 is 11.3 Å². The number of halogens is 1. The number of likely N-dealkylation sites (tertiary alicyclic amines) is 1. The van der Waals surface area contributed by atoms with Crippen molar-refractivity contribution in [3.8, 4) is 0 Å². The lowest BCUT2D eigenvalue weighted by Gasteiger charge is -2.39. The zero-order chi connectivity index (χ0) is 15.4. The molecule has 1 fully saturated rings. The van der Waals surface area contributed by atoms with E-state index < -0.39 is 36.7 Å². The van der Waals surface area contributed by atoms with Crippen LogP contribution in [0.2, 0.25) is 0 Å². The van der Waals surface area contributed by atoms with Gasteiger partial charge in [-0.25, -0.2) is 4.39 Å². The number of carbonyl (C=O) groups is 3. The van der Waals surface area contributed by atoms with Gasteiger partial charge in [0, 0.05) is 23.8 Å². The number of alkyl halides is 1. The number of hydrogen-bond donors (Lipinski definition) is 2. The minimum atomic E-state index is -2.63. The van der Waals surface area contributed by atoms with E-state index in [2.05, 4.69) is 0 Å². The molecule has 3 rings (SSSR count). The van der Waals surface area contributed by atoms with Crippen LogP contribution in [0.3, 0.4) is 0 Å². The third-order valence-electron chi connectivity index (χ3n) is 3.83. The molecule has 112 valence electrons. The Kier molecular flexibility index (Phi) is 2.99. The van der Waals surface area contributed by atoms with Crippen LogP contribution in [0.5, 0.6) is 0 Å². The van der Waals surface area contributed by atoms with Crippen molar-refractivity contribution in [2.24, 2.45) is 0 Å². The number of nitrogens with zero attached hydrogens (tertiary/aromatic N) is 2. The van der Waals surface area contributed by atoms with Crippen LogP contribution in [0.15, 0.2) is 5.38 Å². The minimum Gasteiger partial charge on any atom is -0.390 e. The average Bonchev–Trinajstić information content (AvgIpc) is 2.97. The Morgan fingerprint density at radius 2 is 2.14 bits per heavy atom. The quantitative estimate of drug-likeness (QED) is 0.593. The molecule has 0 aliphatic carbocycles. The Labute approximate surface area is 122 Å².